The molecule has 0 radical (unpaired) electrons. The minimum absolute atomic E-state index is 0.570. The summed E-state index contributed by atoms with van der Waals surface area (Å²) >= 11 is 3.58. The van der Waals surface area contributed by atoms with Crippen LogP contribution in [0.3, 0.4) is 0 Å². The Morgan fingerprint density at radius 2 is 2.28 bits per heavy atom. The molecule has 1 aliphatic rings. The maximum absolute atomic E-state index is 5.74. The van der Waals surface area contributed by atoms with Crippen molar-refractivity contribution in [2.75, 3.05) is 6.61 Å². The molecule has 1 N–H and O–H groups in total. The fourth-order valence-corrected chi connectivity index (χ4v) is 2.93. The van der Waals surface area contributed by atoms with Crippen LogP contribution >= 0.6 is 15.9 Å². The van der Waals surface area contributed by atoms with Gasteiger partial charge in [0.25, 0.3) is 0 Å². The highest BCUT2D eigenvalue weighted by atomic mass is 79.9. The molecular weight excluding hydrogens is 290 g/mol. The van der Waals surface area contributed by atoms with Crippen molar-refractivity contribution in [2.24, 2.45) is 0 Å². The van der Waals surface area contributed by atoms with E-state index in [1.54, 1.807) is 0 Å². The number of nitrogens with one attached hydrogen (secondary N) is 1. The van der Waals surface area contributed by atoms with Crippen LogP contribution in [0.15, 0.2) is 16.6 Å². The van der Waals surface area contributed by atoms with Crippen LogP contribution in [0.25, 0.3) is 0 Å². The Morgan fingerprint density at radius 1 is 1.44 bits per heavy atom. The first-order valence-corrected chi connectivity index (χ1v) is 7.67. The molecule has 1 unspecified atom stereocenters. The molecule has 1 aromatic rings. The number of rotatable bonds is 6. The van der Waals surface area contributed by atoms with Crippen LogP contribution in [0.4, 0.5) is 0 Å². The molecule has 1 aliphatic heterocycles. The highest BCUT2D eigenvalue weighted by Crippen LogP contribution is 2.32. The van der Waals surface area contributed by atoms with E-state index in [-0.39, 0.29) is 0 Å². The van der Waals surface area contributed by atoms with Gasteiger partial charge in [0.05, 0.1) is 6.61 Å². The van der Waals surface area contributed by atoms with Crippen molar-refractivity contribution in [2.45, 2.75) is 52.1 Å². The molecule has 1 atom stereocenters. The second-order valence-electron chi connectivity index (χ2n) is 5.08. The second-order valence-corrected chi connectivity index (χ2v) is 5.99. The number of benzene rings is 1. The van der Waals surface area contributed by atoms with Crippen molar-refractivity contribution >= 4 is 15.9 Å². The van der Waals surface area contributed by atoms with E-state index in [1.165, 1.54) is 30.4 Å². The van der Waals surface area contributed by atoms with Gasteiger partial charge in [-0.25, -0.2) is 0 Å². The molecule has 0 bridgehead atoms. The lowest BCUT2D eigenvalue weighted by Crippen LogP contribution is -2.25. The van der Waals surface area contributed by atoms with Crippen molar-refractivity contribution in [3.8, 4) is 5.75 Å². The average molecular weight is 312 g/mol. The van der Waals surface area contributed by atoms with E-state index in [0.717, 1.165) is 29.8 Å². The van der Waals surface area contributed by atoms with E-state index in [1.807, 2.05) is 0 Å². The van der Waals surface area contributed by atoms with Gasteiger partial charge in [-0.05, 0) is 31.0 Å². The van der Waals surface area contributed by atoms with Crippen LogP contribution in [-0.4, -0.2) is 12.6 Å². The van der Waals surface area contributed by atoms with Crippen LogP contribution in [0.1, 0.15) is 44.2 Å². The quantitative estimate of drug-likeness (QED) is 0.855. The summed E-state index contributed by atoms with van der Waals surface area (Å²) in [5.41, 5.74) is 2.61. The molecule has 1 heterocycles. The molecule has 0 amide bonds. The van der Waals surface area contributed by atoms with Crippen LogP contribution in [0.5, 0.6) is 5.75 Å². The summed E-state index contributed by atoms with van der Waals surface area (Å²) in [6, 6.07) is 4.91. The summed E-state index contributed by atoms with van der Waals surface area (Å²) in [5, 5.41) is 3.59. The number of hydrogen-bond acceptors (Lipinski definition) is 2. The average Bonchev–Trinajstić information content (AvgIpc) is 2.81. The summed E-state index contributed by atoms with van der Waals surface area (Å²) in [6.45, 7) is 6.22. The van der Waals surface area contributed by atoms with E-state index < -0.39 is 0 Å². The fraction of sp³-hybridized carbons (Fsp3) is 0.600. The number of fused-ring (bicyclic) bond motifs is 1. The third-order valence-corrected chi connectivity index (χ3v) is 3.91. The zero-order valence-electron chi connectivity index (χ0n) is 11.3. The van der Waals surface area contributed by atoms with Crippen LogP contribution in [0, 0.1) is 0 Å². The fourth-order valence-electron chi connectivity index (χ4n) is 2.37. The molecule has 0 aromatic heterocycles. The van der Waals surface area contributed by atoms with Gasteiger partial charge < -0.3 is 10.1 Å². The standard InChI is InChI=1S/C15H22BrNO/c1-3-4-5-11(2)17-10-13-9-14(16)8-12-6-7-18-15(12)13/h8-9,11,17H,3-7,10H2,1-2H3. The van der Waals surface area contributed by atoms with E-state index >= 15 is 0 Å². The van der Waals surface area contributed by atoms with E-state index in [2.05, 4.69) is 47.2 Å². The number of hydrogen-bond donors (Lipinski definition) is 1. The smallest absolute Gasteiger partial charge is 0.127 e. The van der Waals surface area contributed by atoms with Crippen molar-refractivity contribution < 1.29 is 4.74 Å². The predicted molar refractivity (Wildman–Crippen MR) is 79.2 cm³/mol. The second kappa shape index (κ2) is 6.58. The maximum atomic E-state index is 5.74. The minimum atomic E-state index is 0.570. The van der Waals surface area contributed by atoms with Crippen molar-refractivity contribution in [1.82, 2.24) is 5.32 Å². The Kier molecular flexibility index (Phi) is 5.07. The zero-order chi connectivity index (χ0) is 13.0. The van der Waals surface area contributed by atoms with Crippen LogP contribution < -0.4 is 10.1 Å². The molecule has 0 saturated carbocycles. The molecule has 0 aliphatic carbocycles. The van der Waals surface area contributed by atoms with E-state index in [0.29, 0.717) is 6.04 Å². The Bertz CT molecular complexity index is 406. The molecular formula is C15H22BrNO. The predicted octanol–water partition coefficient (Wildman–Crippen LogP) is 4.05. The van der Waals surface area contributed by atoms with Gasteiger partial charge in [0.1, 0.15) is 5.75 Å². The van der Waals surface area contributed by atoms with Gasteiger partial charge >= 0.3 is 0 Å². The maximum Gasteiger partial charge on any atom is 0.127 e. The molecule has 18 heavy (non-hydrogen) atoms. The van der Waals surface area contributed by atoms with Crippen molar-refractivity contribution in [3.63, 3.8) is 0 Å². The molecule has 0 fully saturated rings. The lowest BCUT2D eigenvalue weighted by Gasteiger charge is -2.15. The van der Waals surface area contributed by atoms with Gasteiger partial charge in [-0.3, -0.25) is 0 Å². The highest BCUT2D eigenvalue weighted by Gasteiger charge is 2.17. The van der Waals surface area contributed by atoms with Gasteiger partial charge in [0.2, 0.25) is 0 Å². The summed E-state index contributed by atoms with van der Waals surface area (Å²) in [5.74, 6) is 1.10. The Labute approximate surface area is 118 Å². The molecule has 100 valence electrons. The number of unbranched alkanes of at least 4 members (excludes halogenated alkanes) is 1. The Morgan fingerprint density at radius 3 is 3.06 bits per heavy atom. The third kappa shape index (κ3) is 3.48. The minimum Gasteiger partial charge on any atom is -0.493 e. The summed E-state index contributed by atoms with van der Waals surface area (Å²) in [4.78, 5) is 0. The molecule has 3 heteroatoms. The largest absolute Gasteiger partial charge is 0.493 e. The van der Waals surface area contributed by atoms with Crippen LogP contribution in [0.2, 0.25) is 0 Å². The molecule has 0 spiro atoms. The van der Waals surface area contributed by atoms with Gasteiger partial charge in [0.15, 0.2) is 0 Å². The zero-order valence-corrected chi connectivity index (χ0v) is 12.8. The lowest BCUT2D eigenvalue weighted by atomic mass is 10.1. The summed E-state index contributed by atoms with van der Waals surface area (Å²) in [7, 11) is 0. The van der Waals surface area contributed by atoms with Gasteiger partial charge in [-0.1, -0.05) is 35.7 Å². The lowest BCUT2D eigenvalue weighted by molar-refractivity contribution is 0.351. The van der Waals surface area contributed by atoms with Crippen molar-refractivity contribution in [1.29, 1.82) is 0 Å². The van der Waals surface area contributed by atoms with Gasteiger partial charge in [-0.2, -0.15) is 0 Å². The first kappa shape index (κ1) is 13.9. The van der Waals surface area contributed by atoms with Gasteiger partial charge in [-0.15, -0.1) is 0 Å². The molecule has 0 saturated heterocycles. The Hall–Kier alpha value is -0.540. The highest BCUT2D eigenvalue weighted by molar-refractivity contribution is 9.10. The number of halogens is 1. The first-order valence-electron chi connectivity index (χ1n) is 6.88. The third-order valence-electron chi connectivity index (χ3n) is 3.46. The number of ether oxygens (including phenoxy) is 1. The normalized spacial score (nSPS) is 15.3. The summed E-state index contributed by atoms with van der Waals surface area (Å²) < 4.78 is 6.89. The van der Waals surface area contributed by atoms with Crippen LogP contribution in [-0.2, 0) is 13.0 Å². The van der Waals surface area contributed by atoms with Gasteiger partial charge in [0, 0.05) is 29.0 Å². The molecule has 2 nitrogen and oxygen atoms in total. The van der Waals surface area contributed by atoms with Crippen molar-refractivity contribution in [3.05, 3.63) is 27.7 Å². The first-order chi connectivity index (χ1) is 8.70. The SMILES string of the molecule is CCCCC(C)NCc1cc(Br)cc2c1OCC2. The monoisotopic (exact) mass is 311 g/mol. The molecule has 1 aromatic carbocycles. The summed E-state index contributed by atoms with van der Waals surface area (Å²) in [6.07, 6.45) is 4.84. The topological polar surface area (TPSA) is 21.3 Å². The van der Waals surface area contributed by atoms with E-state index in [4.69, 9.17) is 4.74 Å². The Balaban J connectivity index is 1.97. The van der Waals surface area contributed by atoms with E-state index in [9.17, 15) is 0 Å². The molecule has 2 rings (SSSR count).